The summed E-state index contributed by atoms with van der Waals surface area (Å²) in [6, 6.07) is 6.06. The monoisotopic (exact) mass is 334 g/mol. The van der Waals surface area contributed by atoms with Crippen molar-refractivity contribution in [1.82, 2.24) is 0 Å². The van der Waals surface area contributed by atoms with Crippen molar-refractivity contribution in [3.8, 4) is 11.5 Å². The summed E-state index contributed by atoms with van der Waals surface area (Å²) >= 11 is 16.7. The van der Waals surface area contributed by atoms with Gasteiger partial charge >= 0.3 is 0 Å². The van der Waals surface area contributed by atoms with Crippen LogP contribution in [0.3, 0.4) is 0 Å². The Bertz CT molecular complexity index is 407. The van der Waals surface area contributed by atoms with Crippen LogP contribution in [0.4, 0.5) is 0 Å². The second-order valence-electron chi connectivity index (χ2n) is 2.64. The third-order valence-electron chi connectivity index (χ3n) is 1.27. The molecule has 0 aliphatic carbocycles. The Morgan fingerprint density at radius 2 is 1.12 bits per heavy atom. The van der Waals surface area contributed by atoms with E-state index >= 15 is 0 Å². The molecule has 90 valence electrons. The van der Waals surface area contributed by atoms with Gasteiger partial charge < -0.3 is 18.8 Å². The lowest BCUT2D eigenvalue weighted by molar-refractivity contribution is 0.496. The normalized spacial score (nSPS) is 18.2. The van der Waals surface area contributed by atoms with Gasteiger partial charge in [-0.3, -0.25) is 0 Å². The Morgan fingerprint density at radius 3 is 1.31 bits per heavy atom. The van der Waals surface area contributed by atoms with Crippen LogP contribution in [-0.2, 0) is 23.6 Å². The summed E-state index contributed by atoms with van der Waals surface area (Å²) in [5, 5.41) is 0. The van der Waals surface area contributed by atoms with Gasteiger partial charge in [0.05, 0.1) is 0 Å². The molecule has 0 aliphatic rings. The van der Waals surface area contributed by atoms with Crippen molar-refractivity contribution in [2.24, 2.45) is 0 Å². The second-order valence-corrected chi connectivity index (χ2v) is 12.8. The van der Waals surface area contributed by atoms with Crippen molar-refractivity contribution in [1.29, 1.82) is 0 Å². The molecule has 1 rings (SSSR count). The van der Waals surface area contributed by atoms with Crippen LogP contribution in [0.25, 0.3) is 0 Å². The maximum absolute atomic E-state index is 9.20. The summed E-state index contributed by atoms with van der Waals surface area (Å²) in [6.07, 6.45) is 0. The smallest absolute Gasteiger partial charge is 0.291 e. The predicted octanol–water partition coefficient (Wildman–Crippen LogP) is 2.74. The van der Waals surface area contributed by atoms with Crippen LogP contribution < -0.4 is 9.05 Å². The number of thiol groups is 2. The molecule has 16 heavy (non-hydrogen) atoms. The summed E-state index contributed by atoms with van der Waals surface area (Å²) in [7, 11) is 0. The molecule has 0 radical (unpaired) electrons. The van der Waals surface area contributed by atoms with Gasteiger partial charge in [0.1, 0.15) is 11.5 Å². The van der Waals surface area contributed by atoms with Gasteiger partial charge in [-0.25, -0.2) is 0 Å². The van der Waals surface area contributed by atoms with Crippen molar-refractivity contribution in [3.63, 3.8) is 0 Å². The van der Waals surface area contributed by atoms with Crippen molar-refractivity contribution in [3.05, 3.63) is 24.3 Å². The van der Waals surface area contributed by atoms with Crippen molar-refractivity contribution >= 4 is 59.5 Å². The molecule has 0 saturated carbocycles. The van der Waals surface area contributed by atoms with Crippen molar-refractivity contribution in [2.45, 2.75) is 0 Å². The second kappa shape index (κ2) is 5.59. The van der Waals surface area contributed by atoms with Crippen molar-refractivity contribution < 1.29 is 18.8 Å². The van der Waals surface area contributed by atoms with Crippen LogP contribution >= 0.6 is 35.9 Å². The number of hydrogen-bond donors (Lipinski definition) is 4. The highest BCUT2D eigenvalue weighted by atomic mass is 32.9. The van der Waals surface area contributed by atoms with E-state index in [1.54, 1.807) is 0 Å². The van der Waals surface area contributed by atoms with Crippen LogP contribution in [0.15, 0.2) is 24.3 Å². The largest absolute Gasteiger partial charge is 0.436 e. The molecule has 0 saturated heterocycles. The maximum Gasteiger partial charge on any atom is 0.291 e. The van der Waals surface area contributed by atoms with Gasteiger partial charge in [-0.2, -0.15) is 0 Å². The average Bonchev–Trinajstić information content (AvgIpc) is 2.03. The molecule has 0 heterocycles. The molecule has 4 nitrogen and oxygen atoms in total. The number of benzene rings is 1. The van der Waals surface area contributed by atoms with E-state index in [0.717, 1.165) is 0 Å². The van der Waals surface area contributed by atoms with E-state index in [4.69, 9.17) is 9.05 Å². The fraction of sp³-hybridized carbons (Fsp3) is 0. The fourth-order valence-corrected chi connectivity index (χ4v) is 2.71. The van der Waals surface area contributed by atoms with E-state index in [1.807, 2.05) is 0 Å². The SMILES string of the molecule is OP(=S)(S)Oc1ccc(OP(O)(=S)S)cc1. The van der Waals surface area contributed by atoms with Crippen molar-refractivity contribution in [2.75, 3.05) is 0 Å². The Balaban J connectivity index is 2.76. The van der Waals surface area contributed by atoms with Gasteiger partial charge in [0.2, 0.25) is 0 Å². The molecule has 1 aromatic carbocycles. The first kappa shape index (κ1) is 14.8. The molecule has 10 heteroatoms. The minimum atomic E-state index is -3.03. The molecule has 2 atom stereocenters. The first-order valence-electron chi connectivity index (χ1n) is 3.76. The molecule has 0 aliphatic heterocycles. The summed E-state index contributed by atoms with van der Waals surface area (Å²) in [4.78, 5) is 18.4. The lowest BCUT2D eigenvalue weighted by atomic mass is 10.3. The maximum atomic E-state index is 9.20. The van der Waals surface area contributed by atoms with Gasteiger partial charge in [0.15, 0.2) is 0 Å². The summed E-state index contributed by atoms with van der Waals surface area (Å²) in [6.45, 7) is 0. The average molecular weight is 334 g/mol. The topological polar surface area (TPSA) is 58.9 Å². The minimum absolute atomic E-state index is 0.360. The highest BCUT2D eigenvalue weighted by Gasteiger charge is 2.10. The molecular formula is C6H8O4P2S4. The van der Waals surface area contributed by atoms with E-state index in [0.29, 0.717) is 11.5 Å². The molecular weight excluding hydrogens is 326 g/mol. The van der Waals surface area contributed by atoms with Gasteiger partial charge in [-0.05, 0) is 47.9 Å². The van der Waals surface area contributed by atoms with Gasteiger partial charge in [0.25, 0.3) is 11.4 Å². The fourth-order valence-electron chi connectivity index (χ4n) is 0.836. The zero-order valence-corrected chi connectivity index (χ0v) is 12.8. The molecule has 2 unspecified atom stereocenters. The predicted molar refractivity (Wildman–Crippen MR) is 78.7 cm³/mol. The van der Waals surface area contributed by atoms with Gasteiger partial charge in [-0.1, -0.05) is 24.5 Å². The molecule has 0 fully saturated rings. The molecule has 0 bridgehead atoms. The highest BCUT2D eigenvalue weighted by Crippen LogP contribution is 2.49. The molecule has 0 spiro atoms. The number of rotatable bonds is 4. The molecule has 2 N–H and O–H groups in total. The van der Waals surface area contributed by atoms with E-state index in [9.17, 15) is 9.79 Å². The first-order chi connectivity index (χ1) is 7.16. The molecule has 0 amide bonds. The third-order valence-corrected chi connectivity index (χ3v) is 3.11. The Kier molecular flexibility index (Phi) is 5.17. The lowest BCUT2D eigenvalue weighted by Gasteiger charge is -2.13. The van der Waals surface area contributed by atoms with Crippen LogP contribution in [0.2, 0.25) is 0 Å². The Morgan fingerprint density at radius 1 is 0.875 bits per heavy atom. The van der Waals surface area contributed by atoms with E-state index in [-0.39, 0.29) is 0 Å². The van der Waals surface area contributed by atoms with Crippen LogP contribution in [0, 0.1) is 0 Å². The molecule has 1 aromatic rings. The van der Waals surface area contributed by atoms with Gasteiger partial charge in [-0.15, -0.1) is 0 Å². The highest BCUT2D eigenvalue weighted by molar-refractivity contribution is 8.60. The number of hydrogen-bond acceptors (Lipinski definition) is 4. The van der Waals surface area contributed by atoms with Crippen LogP contribution in [-0.4, -0.2) is 9.79 Å². The van der Waals surface area contributed by atoms with E-state index in [1.165, 1.54) is 24.3 Å². The zero-order chi connectivity index (χ0) is 12.4. The first-order valence-corrected chi connectivity index (χ1v) is 11.4. The zero-order valence-electron chi connectivity index (χ0n) is 7.63. The minimum Gasteiger partial charge on any atom is -0.436 e. The van der Waals surface area contributed by atoms with E-state index in [2.05, 4.69) is 48.1 Å². The van der Waals surface area contributed by atoms with E-state index < -0.39 is 11.4 Å². The lowest BCUT2D eigenvalue weighted by Crippen LogP contribution is -1.87. The van der Waals surface area contributed by atoms with Gasteiger partial charge in [0, 0.05) is 0 Å². The Labute approximate surface area is 114 Å². The quantitative estimate of drug-likeness (QED) is 0.502. The summed E-state index contributed by atoms with van der Waals surface area (Å²) in [5.74, 6) is 0.720. The molecule has 0 aromatic heterocycles. The standard InChI is InChI=1S/C6H8O4P2S4/c7-11(13,14)9-5-1-2-6(4-3-5)10-12(8,15)16/h1-4H,(H2,7,13,14)(H2,8,15,16). The van der Waals surface area contributed by atoms with Crippen LogP contribution in [0.5, 0.6) is 11.5 Å². The summed E-state index contributed by atoms with van der Waals surface area (Å²) in [5.41, 5.74) is -6.07. The van der Waals surface area contributed by atoms with Crippen LogP contribution in [0.1, 0.15) is 0 Å². The third kappa shape index (κ3) is 6.47. The Hall–Kier alpha value is 0.740. The summed E-state index contributed by atoms with van der Waals surface area (Å²) < 4.78 is 9.96.